The van der Waals surface area contributed by atoms with Crippen molar-refractivity contribution < 1.29 is 9.53 Å². The average Bonchev–Trinajstić information content (AvgIpc) is 2.43. The summed E-state index contributed by atoms with van der Waals surface area (Å²) in [4.78, 5) is 11.5. The highest BCUT2D eigenvalue weighted by Gasteiger charge is 1.99. The van der Waals surface area contributed by atoms with E-state index in [-0.39, 0.29) is 5.91 Å². The van der Waals surface area contributed by atoms with Gasteiger partial charge in [-0.1, -0.05) is 18.2 Å². The fourth-order valence-electron chi connectivity index (χ4n) is 1.33. The maximum absolute atomic E-state index is 11.5. The molecule has 0 saturated heterocycles. The summed E-state index contributed by atoms with van der Waals surface area (Å²) in [5, 5.41) is 3.23. The SMILES string of the molecule is CCNC(=S)NNC(=O)/C=C/c1ccccc1OC. The normalized spacial score (nSPS) is 10.0. The highest BCUT2D eigenvalue weighted by Crippen LogP contribution is 2.18. The number of rotatable bonds is 4. The zero-order chi connectivity index (χ0) is 14.1. The maximum atomic E-state index is 11.5. The largest absolute Gasteiger partial charge is 0.496 e. The number of amides is 1. The zero-order valence-electron chi connectivity index (χ0n) is 10.9. The lowest BCUT2D eigenvalue weighted by molar-refractivity contribution is -0.116. The van der Waals surface area contributed by atoms with Crippen LogP contribution in [0.2, 0.25) is 0 Å². The van der Waals surface area contributed by atoms with Gasteiger partial charge in [0.15, 0.2) is 5.11 Å². The second-order valence-corrected chi connectivity index (χ2v) is 3.96. The van der Waals surface area contributed by atoms with Gasteiger partial charge in [0, 0.05) is 18.2 Å². The molecule has 19 heavy (non-hydrogen) atoms. The first kappa shape index (κ1) is 15.0. The van der Waals surface area contributed by atoms with Gasteiger partial charge in [0.1, 0.15) is 5.75 Å². The predicted molar refractivity (Wildman–Crippen MR) is 79.6 cm³/mol. The summed E-state index contributed by atoms with van der Waals surface area (Å²) >= 11 is 4.91. The van der Waals surface area contributed by atoms with Crippen LogP contribution in [0.5, 0.6) is 5.75 Å². The van der Waals surface area contributed by atoms with Crippen molar-refractivity contribution in [2.24, 2.45) is 0 Å². The molecule has 0 aliphatic carbocycles. The Kier molecular flexibility index (Phi) is 6.38. The van der Waals surface area contributed by atoms with Gasteiger partial charge in [0.25, 0.3) is 5.91 Å². The Labute approximate surface area is 118 Å². The van der Waals surface area contributed by atoms with Crippen LogP contribution in [0.15, 0.2) is 30.3 Å². The lowest BCUT2D eigenvalue weighted by Gasteiger charge is -2.08. The van der Waals surface area contributed by atoms with Crippen molar-refractivity contribution in [3.8, 4) is 5.75 Å². The third-order valence-corrected chi connectivity index (χ3v) is 2.44. The van der Waals surface area contributed by atoms with Crippen LogP contribution < -0.4 is 20.9 Å². The van der Waals surface area contributed by atoms with Gasteiger partial charge in [0.2, 0.25) is 0 Å². The second-order valence-electron chi connectivity index (χ2n) is 3.55. The molecule has 0 aliphatic heterocycles. The summed E-state index contributed by atoms with van der Waals surface area (Å²) < 4.78 is 5.18. The van der Waals surface area contributed by atoms with Crippen LogP contribution in [0.1, 0.15) is 12.5 Å². The number of nitrogens with one attached hydrogen (secondary N) is 3. The fourth-order valence-corrected chi connectivity index (χ4v) is 1.53. The Hall–Kier alpha value is -2.08. The van der Waals surface area contributed by atoms with Crippen molar-refractivity contribution in [1.29, 1.82) is 0 Å². The van der Waals surface area contributed by atoms with E-state index >= 15 is 0 Å². The number of carbonyl (C=O) groups excluding carboxylic acids is 1. The lowest BCUT2D eigenvalue weighted by atomic mass is 10.2. The summed E-state index contributed by atoms with van der Waals surface area (Å²) in [6.45, 7) is 2.61. The molecule has 5 nitrogen and oxygen atoms in total. The molecule has 1 aromatic rings. The molecule has 0 radical (unpaired) electrons. The Bertz CT molecular complexity index is 475. The molecule has 102 valence electrons. The molecule has 0 aliphatic rings. The third kappa shape index (κ3) is 5.39. The number of hydrazine groups is 1. The van der Waals surface area contributed by atoms with E-state index in [9.17, 15) is 4.79 Å². The first-order valence-corrected chi connectivity index (χ1v) is 6.23. The molecule has 0 fully saturated rings. The number of para-hydroxylation sites is 1. The third-order valence-electron chi connectivity index (χ3n) is 2.19. The quantitative estimate of drug-likeness (QED) is 0.439. The van der Waals surface area contributed by atoms with E-state index in [1.54, 1.807) is 13.2 Å². The van der Waals surface area contributed by atoms with E-state index in [0.29, 0.717) is 17.4 Å². The monoisotopic (exact) mass is 279 g/mol. The molecule has 0 saturated carbocycles. The standard InChI is InChI=1S/C13H17N3O2S/c1-3-14-13(19)16-15-12(17)9-8-10-6-4-5-7-11(10)18-2/h4-9H,3H2,1-2H3,(H,15,17)(H2,14,16,19)/b9-8+. The number of ether oxygens (including phenoxy) is 1. The van der Waals surface area contributed by atoms with Crippen molar-refractivity contribution in [3.05, 3.63) is 35.9 Å². The Morgan fingerprint density at radius 3 is 2.79 bits per heavy atom. The summed E-state index contributed by atoms with van der Waals surface area (Å²) in [7, 11) is 1.59. The Morgan fingerprint density at radius 2 is 2.11 bits per heavy atom. The summed E-state index contributed by atoms with van der Waals surface area (Å²) in [6, 6.07) is 7.43. The van der Waals surface area contributed by atoms with E-state index < -0.39 is 0 Å². The summed E-state index contributed by atoms with van der Waals surface area (Å²) in [5.41, 5.74) is 5.87. The number of hydrogen-bond acceptors (Lipinski definition) is 3. The maximum Gasteiger partial charge on any atom is 0.262 e. The number of methoxy groups -OCH3 is 1. The molecule has 0 bridgehead atoms. The number of benzene rings is 1. The predicted octanol–water partition coefficient (Wildman–Crippen LogP) is 1.22. The first-order valence-electron chi connectivity index (χ1n) is 5.82. The average molecular weight is 279 g/mol. The summed E-state index contributed by atoms with van der Waals surface area (Å²) in [6.07, 6.45) is 3.07. The van der Waals surface area contributed by atoms with Crippen LogP contribution in [-0.2, 0) is 4.79 Å². The van der Waals surface area contributed by atoms with E-state index in [4.69, 9.17) is 17.0 Å². The van der Waals surface area contributed by atoms with Gasteiger partial charge in [-0.3, -0.25) is 15.6 Å². The van der Waals surface area contributed by atoms with E-state index in [0.717, 1.165) is 5.56 Å². The van der Waals surface area contributed by atoms with Crippen molar-refractivity contribution in [2.45, 2.75) is 6.92 Å². The van der Waals surface area contributed by atoms with Gasteiger partial charge in [0.05, 0.1) is 7.11 Å². The van der Waals surface area contributed by atoms with Crippen LogP contribution >= 0.6 is 12.2 Å². The number of carbonyl (C=O) groups is 1. The van der Waals surface area contributed by atoms with Crippen molar-refractivity contribution >= 4 is 29.3 Å². The molecule has 0 unspecified atom stereocenters. The molecule has 1 amide bonds. The zero-order valence-corrected chi connectivity index (χ0v) is 11.7. The van der Waals surface area contributed by atoms with Gasteiger partial charge in [-0.15, -0.1) is 0 Å². The highest BCUT2D eigenvalue weighted by molar-refractivity contribution is 7.80. The molecule has 0 heterocycles. The molecule has 0 spiro atoms. The van der Waals surface area contributed by atoms with Crippen molar-refractivity contribution in [2.75, 3.05) is 13.7 Å². The smallest absolute Gasteiger partial charge is 0.262 e. The van der Waals surface area contributed by atoms with Crippen LogP contribution in [0, 0.1) is 0 Å². The molecular weight excluding hydrogens is 262 g/mol. The number of thiocarbonyl (C=S) groups is 1. The van der Waals surface area contributed by atoms with E-state index in [2.05, 4.69) is 16.2 Å². The van der Waals surface area contributed by atoms with Crippen LogP contribution in [0.25, 0.3) is 6.08 Å². The molecule has 1 rings (SSSR count). The first-order chi connectivity index (χ1) is 9.17. The molecule has 3 N–H and O–H groups in total. The van der Waals surface area contributed by atoms with Crippen LogP contribution in [0.4, 0.5) is 0 Å². The summed E-state index contributed by atoms with van der Waals surface area (Å²) in [5.74, 6) is 0.411. The van der Waals surface area contributed by atoms with Crippen molar-refractivity contribution in [1.82, 2.24) is 16.2 Å². The van der Waals surface area contributed by atoms with Gasteiger partial charge in [-0.2, -0.15) is 0 Å². The fraction of sp³-hybridized carbons (Fsp3) is 0.231. The van der Waals surface area contributed by atoms with E-state index in [1.165, 1.54) is 6.08 Å². The molecule has 0 aromatic heterocycles. The van der Waals surface area contributed by atoms with Gasteiger partial charge in [-0.25, -0.2) is 0 Å². The van der Waals surface area contributed by atoms with Gasteiger partial charge in [-0.05, 0) is 31.3 Å². The van der Waals surface area contributed by atoms with Crippen molar-refractivity contribution in [3.63, 3.8) is 0 Å². The minimum Gasteiger partial charge on any atom is -0.496 e. The Morgan fingerprint density at radius 1 is 1.37 bits per heavy atom. The van der Waals surface area contributed by atoms with Crippen LogP contribution in [-0.4, -0.2) is 24.7 Å². The molecule has 0 atom stereocenters. The lowest BCUT2D eigenvalue weighted by Crippen LogP contribution is -2.46. The van der Waals surface area contributed by atoms with E-state index in [1.807, 2.05) is 31.2 Å². The topological polar surface area (TPSA) is 62.4 Å². The van der Waals surface area contributed by atoms with Gasteiger partial charge >= 0.3 is 0 Å². The number of hydrogen-bond donors (Lipinski definition) is 3. The molecule has 1 aromatic carbocycles. The van der Waals surface area contributed by atoms with Gasteiger partial charge < -0.3 is 10.1 Å². The minimum absolute atomic E-state index is 0.300. The second kappa shape index (κ2) is 8.10. The van der Waals surface area contributed by atoms with Crippen LogP contribution in [0.3, 0.4) is 0 Å². The highest BCUT2D eigenvalue weighted by atomic mass is 32.1. The molecule has 6 heteroatoms. The minimum atomic E-state index is -0.300. The molecular formula is C13H17N3O2S. The Balaban J connectivity index is 2.52.